The zero-order chi connectivity index (χ0) is 27.8. The first-order chi connectivity index (χ1) is 19.1. The van der Waals surface area contributed by atoms with Gasteiger partial charge in [0.1, 0.15) is 0 Å². The molecular weight excluding hydrogens is 496 g/mol. The Morgan fingerprint density at radius 3 is 1.54 bits per heavy atom. The molecule has 0 saturated carbocycles. The average Bonchev–Trinajstić information content (AvgIpc) is 3.40. The fourth-order valence-electron chi connectivity index (χ4n) is 4.25. The maximum absolute atomic E-state index is 5.64. The first-order valence-electron chi connectivity index (χ1n) is 12.2. The van der Waals surface area contributed by atoms with Crippen molar-refractivity contribution in [3.05, 3.63) is 83.2 Å². The minimum absolute atomic E-state index is 0.532. The van der Waals surface area contributed by atoms with Crippen molar-refractivity contribution in [3.8, 4) is 40.2 Å². The highest BCUT2D eigenvalue weighted by Gasteiger charge is 2.16. The number of ether oxygens (including phenoxy) is 6. The van der Waals surface area contributed by atoms with E-state index in [9.17, 15) is 0 Å². The molecule has 39 heavy (non-hydrogen) atoms. The highest BCUT2D eigenvalue weighted by Crippen LogP contribution is 2.41. The summed E-state index contributed by atoms with van der Waals surface area (Å²) in [6.45, 7) is 0. The molecule has 0 saturated heterocycles. The van der Waals surface area contributed by atoms with Crippen LogP contribution in [0.4, 0.5) is 0 Å². The third-order valence-electron chi connectivity index (χ3n) is 6.09. The number of aromatic nitrogens is 2. The van der Waals surface area contributed by atoms with E-state index >= 15 is 0 Å². The third-order valence-corrected chi connectivity index (χ3v) is 6.09. The number of rotatable bonds is 11. The molecule has 0 aliphatic heterocycles. The molecule has 0 aliphatic carbocycles. The predicted octanol–water partition coefficient (Wildman–Crippen LogP) is 6.26. The van der Waals surface area contributed by atoms with Gasteiger partial charge < -0.3 is 28.4 Å². The van der Waals surface area contributed by atoms with Crippen molar-refractivity contribution in [2.24, 2.45) is 0 Å². The summed E-state index contributed by atoms with van der Waals surface area (Å²) in [6, 6.07) is 19.5. The van der Waals surface area contributed by atoms with Gasteiger partial charge in [-0.2, -0.15) is 5.10 Å². The Kier molecular flexibility index (Phi) is 8.78. The van der Waals surface area contributed by atoms with E-state index in [1.54, 1.807) is 42.7 Å². The van der Waals surface area contributed by atoms with Crippen molar-refractivity contribution < 1.29 is 28.4 Å². The van der Waals surface area contributed by atoms with Crippen LogP contribution in [0.1, 0.15) is 22.5 Å². The maximum atomic E-state index is 5.64. The topological polar surface area (TPSA) is 73.2 Å². The largest absolute Gasteiger partial charge is 0.493 e. The lowest BCUT2D eigenvalue weighted by atomic mass is 10.1. The van der Waals surface area contributed by atoms with Crippen LogP contribution in [-0.2, 0) is 0 Å². The van der Waals surface area contributed by atoms with Crippen LogP contribution in [-0.4, -0.2) is 52.4 Å². The standard InChI is InChI=1S/C31H32N2O6/c1-34-26-18-14-21(28(36-3)30(26)38-5)12-16-23-20-25(33(32-23)24-10-8-7-9-11-24)17-13-22-15-19-27(35-2)31(39-6)29(22)37-4/h7-20H,1-6H3. The van der Waals surface area contributed by atoms with Crippen molar-refractivity contribution >= 4 is 24.3 Å². The van der Waals surface area contributed by atoms with E-state index in [-0.39, 0.29) is 0 Å². The summed E-state index contributed by atoms with van der Waals surface area (Å²) < 4.78 is 35.0. The number of hydrogen-bond donors (Lipinski definition) is 0. The Labute approximate surface area is 228 Å². The molecule has 4 aromatic rings. The van der Waals surface area contributed by atoms with Crippen molar-refractivity contribution in [3.63, 3.8) is 0 Å². The lowest BCUT2D eigenvalue weighted by molar-refractivity contribution is 0.324. The fraction of sp³-hybridized carbons (Fsp3) is 0.194. The average molecular weight is 529 g/mol. The summed E-state index contributed by atoms with van der Waals surface area (Å²) in [7, 11) is 9.57. The Bertz CT molecular complexity index is 1470. The van der Waals surface area contributed by atoms with E-state index < -0.39 is 0 Å². The van der Waals surface area contributed by atoms with Gasteiger partial charge in [-0.25, -0.2) is 4.68 Å². The summed E-state index contributed by atoms with van der Waals surface area (Å²) in [4.78, 5) is 0. The molecule has 1 aromatic heterocycles. The summed E-state index contributed by atoms with van der Waals surface area (Å²) >= 11 is 0. The van der Waals surface area contributed by atoms with Gasteiger partial charge in [0.2, 0.25) is 11.5 Å². The SMILES string of the molecule is COc1ccc(C=Cc2cc(C=Cc3ccc(OC)c(OC)c3OC)n(-c3ccccc3)n2)c(OC)c1OC. The maximum Gasteiger partial charge on any atom is 0.203 e. The van der Waals surface area contributed by atoms with Crippen LogP contribution in [0.5, 0.6) is 34.5 Å². The Hall–Kier alpha value is -4.85. The third kappa shape index (κ3) is 5.70. The second-order valence-corrected chi connectivity index (χ2v) is 8.26. The minimum Gasteiger partial charge on any atom is -0.493 e. The van der Waals surface area contributed by atoms with Gasteiger partial charge >= 0.3 is 0 Å². The highest BCUT2D eigenvalue weighted by molar-refractivity contribution is 5.78. The fourth-order valence-corrected chi connectivity index (χ4v) is 4.25. The molecule has 8 nitrogen and oxygen atoms in total. The molecule has 0 unspecified atom stereocenters. The van der Waals surface area contributed by atoms with Gasteiger partial charge in [0.05, 0.1) is 59.7 Å². The van der Waals surface area contributed by atoms with Crippen LogP contribution < -0.4 is 28.4 Å². The summed E-state index contributed by atoms with van der Waals surface area (Å²) in [5, 5.41) is 4.85. The Morgan fingerprint density at radius 2 is 1.05 bits per heavy atom. The molecule has 1 heterocycles. The van der Waals surface area contributed by atoms with Crippen molar-refractivity contribution in [2.75, 3.05) is 42.7 Å². The van der Waals surface area contributed by atoms with Crippen molar-refractivity contribution in [1.29, 1.82) is 0 Å². The van der Waals surface area contributed by atoms with E-state index in [4.69, 9.17) is 33.5 Å². The quantitative estimate of drug-likeness (QED) is 0.227. The molecule has 0 amide bonds. The zero-order valence-corrected chi connectivity index (χ0v) is 22.9. The van der Waals surface area contributed by atoms with Gasteiger partial charge in [-0.1, -0.05) is 18.2 Å². The van der Waals surface area contributed by atoms with E-state index in [0.717, 1.165) is 28.2 Å². The summed E-state index contributed by atoms with van der Waals surface area (Å²) in [5.41, 5.74) is 4.23. The van der Waals surface area contributed by atoms with E-state index in [1.165, 1.54) is 0 Å². The number of methoxy groups -OCH3 is 6. The predicted molar refractivity (Wildman–Crippen MR) is 154 cm³/mol. The van der Waals surface area contributed by atoms with Crippen LogP contribution in [0.25, 0.3) is 30.0 Å². The second-order valence-electron chi connectivity index (χ2n) is 8.26. The van der Waals surface area contributed by atoms with Gasteiger partial charge in [0, 0.05) is 11.1 Å². The summed E-state index contributed by atoms with van der Waals surface area (Å²) in [6.07, 6.45) is 7.81. The van der Waals surface area contributed by atoms with Crippen LogP contribution in [0, 0.1) is 0 Å². The molecule has 0 atom stereocenters. The lowest BCUT2D eigenvalue weighted by Crippen LogP contribution is -1.99. The molecule has 0 aliphatic rings. The number of nitrogens with zero attached hydrogens (tertiary/aromatic N) is 2. The zero-order valence-electron chi connectivity index (χ0n) is 22.9. The van der Waals surface area contributed by atoms with Gasteiger partial charge in [-0.05, 0) is 66.8 Å². The second kappa shape index (κ2) is 12.6. The molecule has 0 spiro atoms. The molecule has 0 N–H and O–H groups in total. The highest BCUT2D eigenvalue weighted by atomic mass is 16.5. The van der Waals surface area contributed by atoms with Gasteiger partial charge in [0.15, 0.2) is 23.0 Å². The molecule has 3 aromatic carbocycles. The Balaban J connectivity index is 1.75. The molecule has 0 fully saturated rings. The molecule has 202 valence electrons. The van der Waals surface area contributed by atoms with E-state index in [1.807, 2.05) is 89.6 Å². The summed E-state index contributed by atoms with van der Waals surface area (Å²) in [5.74, 6) is 3.42. The normalized spacial score (nSPS) is 11.1. The van der Waals surface area contributed by atoms with Crippen molar-refractivity contribution in [2.45, 2.75) is 0 Å². The van der Waals surface area contributed by atoms with Gasteiger partial charge in [-0.3, -0.25) is 0 Å². The monoisotopic (exact) mass is 528 g/mol. The van der Waals surface area contributed by atoms with E-state index in [2.05, 4.69) is 0 Å². The lowest BCUT2D eigenvalue weighted by Gasteiger charge is -2.14. The molecule has 8 heteroatoms. The van der Waals surface area contributed by atoms with E-state index in [0.29, 0.717) is 34.5 Å². The molecule has 4 rings (SSSR count). The number of hydrogen-bond acceptors (Lipinski definition) is 7. The molecule has 0 bridgehead atoms. The van der Waals surface area contributed by atoms with Crippen LogP contribution in [0.15, 0.2) is 60.7 Å². The molecular formula is C31H32N2O6. The van der Waals surface area contributed by atoms with Crippen LogP contribution >= 0.6 is 0 Å². The van der Waals surface area contributed by atoms with Gasteiger partial charge in [0.25, 0.3) is 0 Å². The minimum atomic E-state index is 0.532. The smallest absolute Gasteiger partial charge is 0.203 e. The van der Waals surface area contributed by atoms with Crippen molar-refractivity contribution in [1.82, 2.24) is 9.78 Å². The van der Waals surface area contributed by atoms with Crippen LogP contribution in [0.3, 0.4) is 0 Å². The van der Waals surface area contributed by atoms with Crippen LogP contribution in [0.2, 0.25) is 0 Å². The molecule has 0 radical (unpaired) electrons. The first-order valence-corrected chi connectivity index (χ1v) is 12.2. The number of para-hydroxylation sites is 1. The van der Waals surface area contributed by atoms with Gasteiger partial charge in [-0.15, -0.1) is 0 Å². The number of benzene rings is 3. The first kappa shape index (κ1) is 27.2. The Morgan fingerprint density at radius 1 is 0.538 bits per heavy atom.